The van der Waals surface area contributed by atoms with E-state index in [0.717, 1.165) is 38.5 Å². The summed E-state index contributed by atoms with van der Waals surface area (Å²) < 4.78 is 11.2. The fourth-order valence-corrected chi connectivity index (χ4v) is 5.18. The highest BCUT2D eigenvalue weighted by atomic mass is 32.2. The number of rotatable bonds is 3. The van der Waals surface area contributed by atoms with E-state index in [0.29, 0.717) is 11.5 Å². The van der Waals surface area contributed by atoms with Crippen LogP contribution in [0.5, 0.6) is 11.5 Å². The Kier molecular flexibility index (Phi) is 4.32. The van der Waals surface area contributed by atoms with Gasteiger partial charge in [-0.1, -0.05) is 36.4 Å². The van der Waals surface area contributed by atoms with Crippen molar-refractivity contribution >= 4 is 39.6 Å². The van der Waals surface area contributed by atoms with Crippen molar-refractivity contribution in [3.05, 3.63) is 86.9 Å². The van der Waals surface area contributed by atoms with Crippen molar-refractivity contribution < 1.29 is 9.47 Å². The fourth-order valence-electron chi connectivity index (χ4n) is 4.08. The molecule has 5 heteroatoms. The number of para-hydroxylation sites is 2. The lowest BCUT2D eigenvalue weighted by molar-refractivity contribution is 0.352. The first-order valence-corrected chi connectivity index (χ1v) is 10.3. The maximum Gasteiger partial charge on any atom is 0.193 e. The van der Waals surface area contributed by atoms with Crippen LogP contribution in [0, 0.1) is 0 Å². The van der Waals surface area contributed by atoms with E-state index in [1.807, 2.05) is 66.1 Å². The summed E-state index contributed by atoms with van der Waals surface area (Å²) in [5.74, 6) is 1.32. The van der Waals surface area contributed by atoms with Crippen LogP contribution in [0.15, 0.2) is 64.8 Å². The van der Waals surface area contributed by atoms with Gasteiger partial charge in [-0.25, -0.2) is 0 Å². The van der Waals surface area contributed by atoms with E-state index in [9.17, 15) is 4.79 Å². The number of fused-ring (bicyclic) bond motifs is 4. The second-order valence-corrected chi connectivity index (χ2v) is 7.91. The van der Waals surface area contributed by atoms with Gasteiger partial charge in [-0.2, -0.15) is 0 Å². The molecule has 4 nitrogen and oxygen atoms in total. The van der Waals surface area contributed by atoms with Gasteiger partial charge in [0.15, 0.2) is 16.9 Å². The third-order valence-corrected chi connectivity index (χ3v) is 6.44. The maximum atomic E-state index is 13.8. The quantitative estimate of drug-likeness (QED) is 0.492. The van der Waals surface area contributed by atoms with Crippen molar-refractivity contribution in [2.75, 3.05) is 14.2 Å². The van der Waals surface area contributed by atoms with Crippen molar-refractivity contribution in [3.63, 3.8) is 0 Å². The molecule has 0 saturated carbocycles. The van der Waals surface area contributed by atoms with Crippen molar-refractivity contribution in [2.24, 2.45) is 0 Å². The van der Waals surface area contributed by atoms with E-state index in [2.05, 4.69) is 4.98 Å². The Labute approximate surface area is 172 Å². The van der Waals surface area contributed by atoms with Crippen molar-refractivity contribution in [2.45, 2.75) is 5.25 Å². The summed E-state index contributed by atoms with van der Waals surface area (Å²) >= 11 is 1.61. The molecule has 1 atom stereocenters. The summed E-state index contributed by atoms with van der Waals surface area (Å²) in [7, 11) is 3.25. The third-order valence-electron chi connectivity index (χ3n) is 5.39. The van der Waals surface area contributed by atoms with Gasteiger partial charge in [-0.05, 0) is 35.2 Å². The van der Waals surface area contributed by atoms with Gasteiger partial charge in [-0.3, -0.25) is 4.79 Å². The van der Waals surface area contributed by atoms with Crippen LogP contribution >= 0.6 is 11.8 Å². The first kappa shape index (κ1) is 17.9. The van der Waals surface area contributed by atoms with Crippen molar-refractivity contribution in [3.8, 4) is 11.5 Å². The van der Waals surface area contributed by atoms with Crippen LogP contribution < -0.4 is 14.9 Å². The zero-order valence-electron chi connectivity index (χ0n) is 16.1. The Morgan fingerprint density at radius 3 is 2.62 bits per heavy atom. The molecule has 2 heterocycles. The molecule has 4 aromatic rings. The summed E-state index contributed by atoms with van der Waals surface area (Å²) in [4.78, 5) is 17.2. The number of hydrogen-bond acceptors (Lipinski definition) is 4. The van der Waals surface area contributed by atoms with Gasteiger partial charge >= 0.3 is 0 Å². The summed E-state index contributed by atoms with van der Waals surface area (Å²) in [6.07, 6.45) is 2.01. The number of H-pyrrole nitrogens is 1. The number of benzene rings is 2. The molecule has 0 fully saturated rings. The Bertz CT molecular complexity index is 1340. The largest absolute Gasteiger partial charge is 0.493 e. The minimum Gasteiger partial charge on any atom is -0.493 e. The highest BCUT2D eigenvalue weighted by molar-refractivity contribution is 8.02. The predicted octanol–water partition coefficient (Wildman–Crippen LogP) is 5.51. The Balaban J connectivity index is 1.85. The molecule has 1 aliphatic rings. The molecule has 1 aliphatic heterocycles. The van der Waals surface area contributed by atoms with Gasteiger partial charge in [0.05, 0.1) is 30.4 Å². The Morgan fingerprint density at radius 2 is 1.79 bits per heavy atom. The second-order valence-electron chi connectivity index (χ2n) is 6.89. The smallest absolute Gasteiger partial charge is 0.193 e. The molecule has 0 radical (unpaired) electrons. The van der Waals surface area contributed by atoms with E-state index in [-0.39, 0.29) is 10.7 Å². The van der Waals surface area contributed by atoms with Crippen LogP contribution in [0.2, 0.25) is 0 Å². The van der Waals surface area contributed by atoms with E-state index in [1.54, 1.807) is 26.0 Å². The lowest BCUT2D eigenvalue weighted by atomic mass is 9.98. The lowest BCUT2D eigenvalue weighted by Crippen LogP contribution is -2.14. The average molecular weight is 401 g/mol. The standard InChI is InChI=1S/C24H19NO3S/c1-27-19-9-5-7-16(23(19)28-2)24-20-14(12-13-29-24)10-11-18-21(22(20)26)15-6-3-4-8-17(15)25-18/h3-13,24-25H,1-2H3. The van der Waals surface area contributed by atoms with Crippen LogP contribution in [0.1, 0.15) is 21.9 Å². The minimum absolute atomic E-state index is 0.0455. The molecule has 3 aromatic carbocycles. The molecule has 144 valence electrons. The number of nitrogens with one attached hydrogen (secondary N) is 1. The third kappa shape index (κ3) is 2.73. The summed E-state index contributed by atoms with van der Waals surface area (Å²) in [6, 6.07) is 17.7. The van der Waals surface area contributed by atoms with E-state index in [4.69, 9.17) is 9.47 Å². The van der Waals surface area contributed by atoms with E-state index in [1.165, 1.54) is 0 Å². The second kappa shape index (κ2) is 7.01. The molecular formula is C24H19NO3S. The molecule has 0 spiro atoms. The molecule has 0 saturated heterocycles. The van der Waals surface area contributed by atoms with Gasteiger partial charge < -0.3 is 14.5 Å². The Hall–Kier alpha value is -3.18. The minimum atomic E-state index is -0.184. The molecular weight excluding hydrogens is 382 g/mol. The number of aromatic amines is 1. The monoisotopic (exact) mass is 401 g/mol. The summed E-state index contributed by atoms with van der Waals surface area (Å²) in [5, 5.41) is 3.53. The van der Waals surface area contributed by atoms with Crippen LogP contribution in [-0.2, 0) is 0 Å². The molecule has 0 aliphatic carbocycles. The van der Waals surface area contributed by atoms with Gasteiger partial charge in [0, 0.05) is 22.0 Å². The number of ether oxygens (including phenoxy) is 2. The Morgan fingerprint density at radius 1 is 0.931 bits per heavy atom. The van der Waals surface area contributed by atoms with E-state index >= 15 is 0 Å². The first-order valence-electron chi connectivity index (χ1n) is 9.33. The number of thioether (sulfide) groups is 1. The fraction of sp³-hybridized carbons (Fsp3) is 0.125. The summed E-state index contributed by atoms with van der Waals surface area (Å²) in [6.45, 7) is 0. The first-order chi connectivity index (χ1) is 14.2. The molecule has 0 amide bonds. The maximum absolute atomic E-state index is 13.8. The molecule has 1 unspecified atom stereocenters. The zero-order chi connectivity index (χ0) is 20.0. The highest BCUT2D eigenvalue weighted by Crippen LogP contribution is 2.46. The van der Waals surface area contributed by atoms with E-state index < -0.39 is 0 Å². The van der Waals surface area contributed by atoms with Crippen molar-refractivity contribution in [1.82, 2.24) is 4.98 Å². The normalized spacial score (nSPS) is 15.4. The topological polar surface area (TPSA) is 51.3 Å². The number of methoxy groups -OCH3 is 2. The lowest BCUT2D eigenvalue weighted by Gasteiger charge is -2.22. The van der Waals surface area contributed by atoms with Gasteiger partial charge in [0.25, 0.3) is 0 Å². The summed E-state index contributed by atoms with van der Waals surface area (Å²) in [5.41, 5.74) is 4.48. The molecule has 1 aromatic heterocycles. The zero-order valence-corrected chi connectivity index (χ0v) is 16.9. The SMILES string of the molecule is COc1cccc(C2SC=Cc3ccc4[nH]c5ccccc5c4c(=O)c32)c1OC. The van der Waals surface area contributed by atoms with Crippen LogP contribution in [0.4, 0.5) is 0 Å². The van der Waals surface area contributed by atoms with Gasteiger partial charge in [-0.15, -0.1) is 11.8 Å². The molecule has 0 bridgehead atoms. The molecule has 5 rings (SSSR count). The number of aromatic nitrogens is 1. The van der Waals surface area contributed by atoms with Crippen LogP contribution in [0.3, 0.4) is 0 Å². The predicted molar refractivity (Wildman–Crippen MR) is 120 cm³/mol. The molecule has 1 N–H and O–H groups in total. The van der Waals surface area contributed by atoms with Crippen LogP contribution in [-0.4, -0.2) is 19.2 Å². The van der Waals surface area contributed by atoms with Gasteiger partial charge in [0.1, 0.15) is 0 Å². The number of hydrogen-bond donors (Lipinski definition) is 1. The van der Waals surface area contributed by atoms with Gasteiger partial charge in [0.2, 0.25) is 0 Å². The average Bonchev–Trinajstić information content (AvgIpc) is 3.08. The highest BCUT2D eigenvalue weighted by Gasteiger charge is 2.27. The molecule has 29 heavy (non-hydrogen) atoms. The van der Waals surface area contributed by atoms with Crippen molar-refractivity contribution in [1.29, 1.82) is 0 Å². The van der Waals surface area contributed by atoms with Crippen LogP contribution in [0.25, 0.3) is 27.9 Å².